The van der Waals surface area contributed by atoms with Gasteiger partial charge in [0.2, 0.25) is 0 Å². The number of hydrogen-bond acceptors (Lipinski definition) is 3. The molecule has 0 saturated heterocycles. The summed E-state index contributed by atoms with van der Waals surface area (Å²) in [6, 6.07) is 9.78. The van der Waals surface area contributed by atoms with E-state index < -0.39 is 11.5 Å². The molecule has 0 aliphatic rings. The molecule has 5 nitrogen and oxygen atoms in total. The fourth-order valence-electron chi connectivity index (χ4n) is 2.41. The lowest BCUT2D eigenvalue weighted by molar-refractivity contribution is -0.137. The Labute approximate surface area is 141 Å². The minimum absolute atomic E-state index is 0.00879. The SMILES string of the molecule is Cc1cccc(-c2cncc(C(=O)NC(C)(C)CCC(=O)O)c2)c1. The van der Waals surface area contributed by atoms with Crippen molar-refractivity contribution in [2.75, 3.05) is 0 Å². The smallest absolute Gasteiger partial charge is 0.303 e. The van der Waals surface area contributed by atoms with Gasteiger partial charge in [-0.25, -0.2) is 0 Å². The van der Waals surface area contributed by atoms with Crippen LogP contribution in [0.4, 0.5) is 0 Å². The second-order valence-corrected chi connectivity index (χ2v) is 6.56. The number of hydrogen-bond donors (Lipinski definition) is 2. The van der Waals surface area contributed by atoms with Crippen LogP contribution in [0.1, 0.15) is 42.6 Å². The Morgan fingerprint density at radius 3 is 2.58 bits per heavy atom. The largest absolute Gasteiger partial charge is 0.481 e. The molecule has 2 N–H and O–H groups in total. The van der Waals surface area contributed by atoms with Gasteiger partial charge in [-0.1, -0.05) is 29.8 Å². The molecular formula is C19H22N2O3. The number of rotatable bonds is 6. The zero-order valence-corrected chi connectivity index (χ0v) is 14.2. The summed E-state index contributed by atoms with van der Waals surface area (Å²) in [5.74, 6) is -1.13. The Hall–Kier alpha value is -2.69. The van der Waals surface area contributed by atoms with Crippen LogP contribution in [-0.4, -0.2) is 27.5 Å². The normalized spacial score (nSPS) is 11.1. The molecule has 2 rings (SSSR count). The number of benzene rings is 1. The van der Waals surface area contributed by atoms with Crippen molar-refractivity contribution in [1.29, 1.82) is 0 Å². The number of carboxylic acid groups (broad SMARTS) is 1. The molecular weight excluding hydrogens is 304 g/mol. The highest BCUT2D eigenvalue weighted by Crippen LogP contribution is 2.21. The highest BCUT2D eigenvalue weighted by molar-refractivity contribution is 5.95. The van der Waals surface area contributed by atoms with E-state index in [0.717, 1.165) is 16.7 Å². The van der Waals surface area contributed by atoms with Crippen molar-refractivity contribution < 1.29 is 14.7 Å². The van der Waals surface area contributed by atoms with Crippen molar-refractivity contribution in [2.24, 2.45) is 0 Å². The predicted molar refractivity (Wildman–Crippen MR) is 92.8 cm³/mol. The summed E-state index contributed by atoms with van der Waals surface area (Å²) < 4.78 is 0. The third-order valence-electron chi connectivity index (χ3n) is 3.77. The van der Waals surface area contributed by atoms with E-state index >= 15 is 0 Å². The molecule has 2 aromatic rings. The van der Waals surface area contributed by atoms with E-state index in [0.29, 0.717) is 12.0 Å². The Morgan fingerprint density at radius 1 is 1.17 bits per heavy atom. The first-order valence-electron chi connectivity index (χ1n) is 7.83. The first kappa shape index (κ1) is 17.7. The molecule has 0 saturated carbocycles. The molecule has 0 radical (unpaired) electrons. The number of aromatic nitrogens is 1. The van der Waals surface area contributed by atoms with E-state index in [-0.39, 0.29) is 12.3 Å². The van der Waals surface area contributed by atoms with Crippen molar-refractivity contribution in [3.8, 4) is 11.1 Å². The fraction of sp³-hybridized carbons (Fsp3) is 0.316. The maximum atomic E-state index is 12.5. The second-order valence-electron chi connectivity index (χ2n) is 6.56. The molecule has 0 atom stereocenters. The number of carbonyl (C=O) groups excluding carboxylic acids is 1. The number of nitrogens with zero attached hydrogens (tertiary/aromatic N) is 1. The topological polar surface area (TPSA) is 79.3 Å². The van der Waals surface area contributed by atoms with Gasteiger partial charge in [-0.2, -0.15) is 0 Å². The zero-order valence-electron chi connectivity index (χ0n) is 14.2. The molecule has 1 aromatic heterocycles. The quantitative estimate of drug-likeness (QED) is 0.852. The average molecular weight is 326 g/mol. The molecule has 1 heterocycles. The summed E-state index contributed by atoms with van der Waals surface area (Å²) in [6.07, 6.45) is 3.61. The predicted octanol–water partition coefficient (Wildman–Crippen LogP) is 3.43. The van der Waals surface area contributed by atoms with Crippen molar-refractivity contribution >= 4 is 11.9 Å². The van der Waals surface area contributed by atoms with Crippen LogP contribution in [0.5, 0.6) is 0 Å². The first-order valence-corrected chi connectivity index (χ1v) is 7.83. The Kier molecular flexibility index (Phi) is 5.34. The summed E-state index contributed by atoms with van der Waals surface area (Å²) in [6.45, 7) is 5.63. The van der Waals surface area contributed by atoms with Crippen molar-refractivity contribution in [3.63, 3.8) is 0 Å². The molecule has 0 fully saturated rings. The summed E-state index contributed by atoms with van der Waals surface area (Å²) >= 11 is 0. The Bertz CT molecular complexity index is 754. The average Bonchev–Trinajstić information content (AvgIpc) is 2.53. The second kappa shape index (κ2) is 7.25. The number of amides is 1. The fourth-order valence-corrected chi connectivity index (χ4v) is 2.41. The van der Waals surface area contributed by atoms with Crippen LogP contribution in [0.2, 0.25) is 0 Å². The minimum Gasteiger partial charge on any atom is -0.481 e. The van der Waals surface area contributed by atoms with Gasteiger partial charge in [0, 0.05) is 29.9 Å². The summed E-state index contributed by atoms with van der Waals surface area (Å²) in [5.41, 5.74) is 2.86. The van der Waals surface area contributed by atoms with Gasteiger partial charge in [-0.15, -0.1) is 0 Å². The third-order valence-corrected chi connectivity index (χ3v) is 3.77. The van der Waals surface area contributed by atoms with E-state index in [1.807, 2.05) is 45.0 Å². The van der Waals surface area contributed by atoms with E-state index in [4.69, 9.17) is 5.11 Å². The van der Waals surface area contributed by atoms with E-state index in [1.54, 1.807) is 12.3 Å². The van der Waals surface area contributed by atoms with E-state index in [2.05, 4.69) is 10.3 Å². The lowest BCUT2D eigenvalue weighted by Gasteiger charge is -2.25. The van der Waals surface area contributed by atoms with Crippen LogP contribution in [0.25, 0.3) is 11.1 Å². The first-order chi connectivity index (χ1) is 11.3. The molecule has 24 heavy (non-hydrogen) atoms. The molecule has 0 aliphatic carbocycles. The highest BCUT2D eigenvalue weighted by Gasteiger charge is 2.22. The molecule has 1 aromatic carbocycles. The summed E-state index contributed by atoms with van der Waals surface area (Å²) in [4.78, 5) is 27.3. The van der Waals surface area contributed by atoms with Gasteiger partial charge in [0.25, 0.3) is 5.91 Å². The molecule has 0 unspecified atom stereocenters. The van der Waals surface area contributed by atoms with Gasteiger partial charge in [0.1, 0.15) is 0 Å². The van der Waals surface area contributed by atoms with Crippen molar-refractivity contribution in [1.82, 2.24) is 10.3 Å². The van der Waals surface area contributed by atoms with Crippen molar-refractivity contribution in [2.45, 2.75) is 39.2 Å². The number of pyridine rings is 1. The van der Waals surface area contributed by atoms with Crippen LogP contribution < -0.4 is 5.32 Å². The molecule has 0 spiro atoms. The van der Waals surface area contributed by atoms with Gasteiger partial charge in [0.15, 0.2) is 0 Å². The monoisotopic (exact) mass is 326 g/mol. The maximum Gasteiger partial charge on any atom is 0.303 e. The van der Waals surface area contributed by atoms with E-state index in [1.165, 1.54) is 6.20 Å². The number of nitrogens with one attached hydrogen (secondary N) is 1. The summed E-state index contributed by atoms with van der Waals surface area (Å²) in [7, 11) is 0. The number of carboxylic acids is 1. The van der Waals surface area contributed by atoms with Gasteiger partial charge in [0.05, 0.1) is 5.56 Å². The van der Waals surface area contributed by atoms with Gasteiger partial charge >= 0.3 is 5.97 Å². The molecule has 1 amide bonds. The Morgan fingerprint density at radius 2 is 1.92 bits per heavy atom. The number of aliphatic carboxylic acids is 1. The zero-order chi connectivity index (χ0) is 17.7. The highest BCUT2D eigenvalue weighted by atomic mass is 16.4. The molecule has 0 bridgehead atoms. The number of aryl methyl sites for hydroxylation is 1. The standard InChI is InChI=1S/C19H22N2O3/c1-13-5-4-6-14(9-13)15-10-16(12-20-11-15)18(24)21-19(2,3)8-7-17(22)23/h4-6,9-12H,7-8H2,1-3H3,(H,21,24)(H,22,23). The third kappa shape index (κ3) is 4.91. The lowest BCUT2D eigenvalue weighted by Crippen LogP contribution is -2.43. The lowest BCUT2D eigenvalue weighted by atomic mass is 9.97. The van der Waals surface area contributed by atoms with Crippen LogP contribution in [-0.2, 0) is 4.79 Å². The van der Waals surface area contributed by atoms with Gasteiger partial charge in [-0.3, -0.25) is 14.6 Å². The van der Waals surface area contributed by atoms with Crippen LogP contribution in [0.3, 0.4) is 0 Å². The van der Waals surface area contributed by atoms with Gasteiger partial charge in [-0.05, 0) is 38.8 Å². The van der Waals surface area contributed by atoms with Crippen LogP contribution in [0, 0.1) is 6.92 Å². The molecule has 5 heteroatoms. The number of carbonyl (C=O) groups is 2. The molecule has 126 valence electrons. The summed E-state index contributed by atoms with van der Waals surface area (Å²) in [5, 5.41) is 11.7. The van der Waals surface area contributed by atoms with Crippen LogP contribution >= 0.6 is 0 Å². The Balaban J connectivity index is 2.16. The van der Waals surface area contributed by atoms with Crippen molar-refractivity contribution in [3.05, 3.63) is 53.9 Å². The van der Waals surface area contributed by atoms with Crippen LogP contribution in [0.15, 0.2) is 42.7 Å². The maximum absolute atomic E-state index is 12.5. The van der Waals surface area contributed by atoms with Gasteiger partial charge < -0.3 is 10.4 Å². The molecule has 0 aliphatic heterocycles. The minimum atomic E-state index is -0.875. The van der Waals surface area contributed by atoms with E-state index in [9.17, 15) is 9.59 Å².